The Hall–Kier alpha value is -1.00. The largest absolute Gasteiger partial charge is 0.341 e. The quantitative estimate of drug-likeness (QED) is 0.788. The first kappa shape index (κ1) is 15.1. The Morgan fingerprint density at radius 1 is 1.28 bits per heavy atom. The number of thioether (sulfide) groups is 1. The minimum Gasteiger partial charge on any atom is -0.341 e. The topological polar surface area (TPSA) is 23.6 Å². The van der Waals surface area contributed by atoms with Gasteiger partial charge in [0.25, 0.3) is 5.91 Å². The van der Waals surface area contributed by atoms with Crippen molar-refractivity contribution < 1.29 is 4.79 Å². The Balaban J connectivity index is 2.73. The molecule has 3 nitrogen and oxygen atoms in total. The summed E-state index contributed by atoms with van der Waals surface area (Å²) < 4.78 is 0. The number of carbonyl (C=O) groups excluding carboxylic acids is 1. The maximum Gasteiger partial charge on any atom is 0.253 e. The summed E-state index contributed by atoms with van der Waals surface area (Å²) in [5.74, 6) is 1.07. The molecule has 0 unspecified atom stereocenters. The van der Waals surface area contributed by atoms with Crippen molar-refractivity contribution in [1.29, 1.82) is 0 Å². The molecular weight excluding hydrogens is 244 g/mol. The lowest BCUT2D eigenvalue weighted by atomic mass is 10.1. The van der Waals surface area contributed by atoms with E-state index in [0.717, 1.165) is 24.4 Å². The van der Waals surface area contributed by atoms with Gasteiger partial charge < -0.3 is 9.80 Å². The molecule has 1 amide bonds. The summed E-state index contributed by atoms with van der Waals surface area (Å²) in [6, 6.07) is 7.88. The van der Waals surface area contributed by atoms with Gasteiger partial charge >= 0.3 is 0 Å². The third-order valence-corrected chi connectivity index (χ3v) is 3.24. The Morgan fingerprint density at radius 3 is 2.61 bits per heavy atom. The van der Waals surface area contributed by atoms with Gasteiger partial charge in [-0.3, -0.25) is 4.79 Å². The first-order valence-electron chi connectivity index (χ1n) is 6.02. The van der Waals surface area contributed by atoms with Crippen molar-refractivity contribution in [2.75, 3.05) is 39.7 Å². The molecule has 1 rings (SSSR count). The van der Waals surface area contributed by atoms with Crippen molar-refractivity contribution in [2.24, 2.45) is 0 Å². The summed E-state index contributed by atoms with van der Waals surface area (Å²) in [6.45, 7) is 1.65. The fraction of sp³-hybridized carbons (Fsp3) is 0.500. The average Bonchev–Trinajstić information content (AvgIpc) is 2.34. The number of benzene rings is 1. The van der Waals surface area contributed by atoms with E-state index >= 15 is 0 Å². The van der Waals surface area contributed by atoms with Crippen LogP contribution < -0.4 is 0 Å². The van der Waals surface area contributed by atoms with Gasteiger partial charge in [-0.1, -0.05) is 12.1 Å². The van der Waals surface area contributed by atoms with E-state index in [1.807, 2.05) is 39.3 Å². The molecule has 0 saturated heterocycles. The van der Waals surface area contributed by atoms with Crippen LogP contribution in [0.1, 0.15) is 15.9 Å². The van der Waals surface area contributed by atoms with Crippen molar-refractivity contribution in [3.63, 3.8) is 0 Å². The molecule has 0 aliphatic carbocycles. The maximum atomic E-state index is 12.2. The zero-order valence-electron chi connectivity index (χ0n) is 11.6. The summed E-state index contributed by atoms with van der Waals surface area (Å²) in [6.07, 6.45) is 2.05. The molecule has 0 heterocycles. The van der Waals surface area contributed by atoms with Crippen LogP contribution in [0.5, 0.6) is 0 Å². The minimum absolute atomic E-state index is 0.102. The summed E-state index contributed by atoms with van der Waals surface area (Å²) in [7, 11) is 5.91. The zero-order valence-corrected chi connectivity index (χ0v) is 12.5. The van der Waals surface area contributed by atoms with E-state index in [1.165, 1.54) is 5.56 Å². The molecule has 0 saturated carbocycles. The van der Waals surface area contributed by atoms with Crippen molar-refractivity contribution >= 4 is 17.7 Å². The number of carbonyl (C=O) groups is 1. The lowest BCUT2D eigenvalue weighted by Crippen LogP contribution is -2.29. The van der Waals surface area contributed by atoms with Crippen LogP contribution in [0.4, 0.5) is 0 Å². The highest BCUT2D eigenvalue weighted by atomic mass is 32.2. The molecule has 4 heteroatoms. The van der Waals surface area contributed by atoms with Gasteiger partial charge in [-0.25, -0.2) is 0 Å². The second-order valence-corrected chi connectivity index (χ2v) is 5.64. The SMILES string of the molecule is CSCCN(C)C(=O)c1cccc(CN(C)C)c1. The van der Waals surface area contributed by atoms with Gasteiger partial charge in [0, 0.05) is 31.5 Å². The molecule has 0 aliphatic heterocycles. The molecule has 0 N–H and O–H groups in total. The number of rotatable bonds is 6. The van der Waals surface area contributed by atoms with Crippen LogP contribution in [0.3, 0.4) is 0 Å². The molecular formula is C14H22N2OS. The van der Waals surface area contributed by atoms with Gasteiger partial charge in [-0.2, -0.15) is 11.8 Å². The summed E-state index contributed by atoms with van der Waals surface area (Å²) in [4.78, 5) is 16.1. The summed E-state index contributed by atoms with van der Waals surface area (Å²) in [5, 5.41) is 0. The van der Waals surface area contributed by atoms with E-state index in [-0.39, 0.29) is 5.91 Å². The van der Waals surface area contributed by atoms with Crippen LogP contribution in [-0.2, 0) is 6.54 Å². The van der Waals surface area contributed by atoms with Crippen molar-refractivity contribution in [3.8, 4) is 0 Å². The smallest absolute Gasteiger partial charge is 0.253 e. The van der Waals surface area contributed by atoms with Crippen LogP contribution in [0.2, 0.25) is 0 Å². The standard InChI is InChI=1S/C14H22N2OS/c1-15(2)11-12-6-5-7-13(10-12)14(17)16(3)8-9-18-4/h5-7,10H,8-9,11H2,1-4H3. The maximum absolute atomic E-state index is 12.2. The molecule has 0 radical (unpaired) electrons. The fourth-order valence-electron chi connectivity index (χ4n) is 1.72. The van der Waals surface area contributed by atoms with Gasteiger partial charge in [0.15, 0.2) is 0 Å². The number of nitrogens with zero attached hydrogens (tertiary/aromatic N) is 2. The van der Waals surface area contributed by atoms with E-state index in [1.54, 1.807) is 16.7 Å². The van der Waals surface area contributed by atoms with Crippen LogP contribution in [0, 0.1) is 0 Å². The molecule has 100 valence electrons. The first-order chi connectivity index (χ1) is 8.54. The number of amides is 1. The van der Waals surface area contributed by atoms with Gasteiger partial charge in [-0.15, -0.1) is 0 Å². The Morgan fingerprint density at radius 2 is 2.00 bits per heavy atom. The highest BCUT2D eigenvalue weighted by Crippen LogP contribution is 2.09. The highest BCUT2D eigenvalue weighted by molar-refractivity contribution is 7.98. The molecule has 0 fully saturated rings. The predicted molar refractivity (Wildman–Crippen MR) is 79.2 cm³/mol. The zero-order chi connectivity index (χ0) is 13.5. The molecule has 0 aliphatic rings. The normalized spacial score (nSPS) is 10.7. The van der Waals surface area contributed by atoms with Crippen molar-refractivity contribution in [3.05, 3.63) is 35.4 Å². The van der Waals surface area contributed by atoms with Gasteiger partial charge in [0.1, 0.15) is 0 Å². The molecule has 1 aromatic rings. The van der Waals surface area contributed by atoms with Gasteiger partial charge in [0.05, 0.1) is 0 Å². The monoisotopic (exact) mass is 266 g/mol. The first-order valence-corrected chi connectivity index (χ1v) is 7.42. The summed E-state index contributed by atoms with van der Waals surface area (Å²) in [5.41, 5.74) is 1.95. The van der Waals surface area contributed by atoms with Crippen LogP contribution in [0.15, 0.2) is 24.3 Å². The van der Waals surface area contributed by atoms with Crippen molar-refractivity contribution in [1.82, 2.24) is 9.80 Å². The Kier molecular flexibility index (Phi) is 6.22. The molecule has 0 bridgehead atoms. The number of hydrogen-bond donors (Lipinski definition) is 0. The van der Waals surface area contributed by atoms with Gasteiger partial charge in [0.2, 0.25) is 0 Å². The third-order valence-electron chi connectivity index (χ3n) is 2.65. The predicted octanol–water partition coefficient (Wildman–Crippen LogP) is 2.18. The second-order valence-electron chi connectivity index (χ2n) is 4.66. The highest BCUT2D eigenvalue weighted by Gasteiger charge is 2.11. The van der Waals surface area contributed by atoms with E-state index in [2.05, 4.69) is 17.2 Å². The van der Waals surface area contributed by atoms with E-state index in [9.17, 15) is 4.79 Å². The minimum atomic E-state index is 0.102. The van der Waals surface area contributed by atoms with Crippen molar-refractivity contribution in [2.45, 2.75) is 6.54 Å². The second kappa shape index (κ2) is 7.44. The lowest BCUT2D eigenvalue weighted by Gasteiger charge is -2.17. The van der Waals surface area contributed by atoms with Crippen LogP contribution >= 0.6 is 11.8 Å². The number of hydrogen-bond acceptors (Lipinski definition) is 3. The van der Waals surface area contributed by atoms with Crippen LogP contribution in [-0.4, -0.2) is 55.4 Å². The molecule has 0 spiro atoms. The van der Waals surface area contributed by atoms with Crippen LogP contribution in [0.25, 0.3) is 0 Å². The molecule has 18 heavy (non-hydrogen) atoms. The third kappa shape index (κ3) is 4.70. The van der Waals surface area contributed by atoms with E-state index < -0.39 is 0 Å². The lowest BCUT2D eigenvalue weighted by molar-refractivity contribution is 0.0803. The summed E-state index contributed by atoms with van der Waals surface area (Å²) >= 11 is 1.75. The van der Waals surface area contributed by atoms with E-state index in [0.29, 0.717) is 0 Å². The van der Waals surface area contributed by atoms with E-state index in [4.69, 9.17) is 0 Å². The Bertz CT molecular complexity index is 393. The molecule has 0 atom stereocenters. The van der Waals surface area contributed by atoms with Gasteiger partial charge in [-0.05, 0) is 38.0 Å². The Labute approximate surface area is 114 Å². The molecule has 1 aromatic carbocycles. The average molecular weight is 266 g/mol. The fourth-order valence-corrected chi connectivity index (χ4v) is 2.17. The molecule has 0 aromatic heterocycles.